The smallest absolute Gasteiger partial charge is 0.149 e. The molecule has 0 amide bonds. The highest BCUT2D eigenvalue weighted by Crippen LogP contribution is 2.44. The van der Waals surface area contributed by atoms with Gasteiger partial charge in [-0.15, -0.1) is 0 Å². The molecule has 0 aromatic carbocycles. The largest absolute Gasteiger partial charge is 0.382 e. The van der Waals surface area contributed by atoms with E-state index in [1.807, 2.05) is 6.20 Å². The van der Waals surface area contributed by atoms with Crippen LogP contribution in [0.3, 0.4) is 0 Å². The van der Waals surface area contributed by atoms with Crippen LogP contribution in [0.5, 0.6) is 0 Å². The van der Waals surface area contributed by atoms with Crippen molar-refractivity contribution >= 4 is 11.6 Å². The zero-order valence-corrected chi connectivity index (χ0v) is 10.9. The van der Waals surface area contributed by atoms with Gasteiger partial charge in [0.15, 0.2) is 0 Å². The Hall–Kier alpha value is -1.32. The third-order valence-electron chi connectivity index (χ3n) is 4.70. The molecule has 1 spiro atoms. The third-order valence-corrected chi connectivity index (χ3v) is 4.70. The molecule has 0 unspecified atom stereocenters. The Balaban J connectivity index is 1.66. The van der Waals surface area contributed by atoms with Crippen LogP contribution in [0.1, 0.15) is 44.9 Å². The minimum absolute atomic E-state index is 0.519. The van der Waals surface area contributed by atoms with Crippen LogP contribution in [0.4, 0.5) is 11.6 Å². The molecule has 1 saturated carbocycles. The maximum absolute atomic E-state index is 5.70. The van der Waals surface area contributed by atoms with E-state index >= 15 is 0 Å². The fourth-order valence-corrected chi connectivity index (χ4v) is 3.53. The van der Waals surface area contributed by atoms with Crippen molar-refractivity contribution in [3.05, 3.63) is 12.4 Å². The molecule has 2 fully saturated rings. The lowest BCUT2D eigenvalue weighted by Gasteiger charge is -2.44. The molecule has 3 rings (SSSR count). The van der Waals surface area contributed by atoms with E-state index in [9.17, 15) is 0 Å². The molecule has 1 aliphatic heterocycles. The highest BCUT2D eigenvalue weighted by Gasteiger charge is 2.35. The molecular weight excluding hydrogens is 224 g/mol. The molecule has 98 valence electrons. The van der Waals surface area contributed by atoms with Crippen molar-refractivity contribution in [2.75, 3.05) is 23.7 Å². The molecule has 2 aliphatic rings. The zero-order valence-electron chi connectivity index (χ0n) is 10.9. The van der Waals surface area contributed by atoms with Crippen molar-refractivity contribution in [1.82, 2.24) is 9.97 Å². The minimum atomic E-state index is 0.519. The van der Waals surface area contributed by atoms with Crippen LogP contribution in [0.15, 0.2) is 12.4 Å². The molecule has 2 N–H and O–H groups in total. The Labute approximate surface area is 109 Å². The van der Waals surface area contributed by atoms with E-state index in [1.165, 1.54) is 44.9 Å². The Morgan fingerprint density at radius 2 is 1.72 bits per heavy atom. The highest BCUT2D eigenvalue weighted by atomic mass is 15.2. The number of piperidine rings is 1. The van der Waals surface area contributed by atoms with Gasteiger partial charge < -0.3 is 10.6 Å². The number of nitrogens with two attached hydrogens (primary N) is 1. The van der Waals surface area contributed by atoms with Crippen molar-refractivity contribution in [2.24, 2.45) is 5.41 Å². The average molecular weight is 246 g/mol. The fourth-order valence-electron chi connectivity index (χ4n) is 3.53. The number of hydrogen-bond donors (Lipinski definition) is 1. The summed E-state index contributed by atoms with van der Waals surface area (Å²) in [4.78, 5) is 10.8. The summed E-state index contributed by atoms with van der Waals surface area (Å²) >= 11 is 0. The molecule has 1 aliphatic carbocycles. The van der Waals surface area contributed by atoms with E-state index in [-0.39, 0.29) is 0 Å². The van der Waals surface area contributed by atoms with Crippen LogP contribution < -0.4 is 10.6 Å². The van der Waals surface area contributed by atoms with Gasteiger partial charge in [0.25, 0.3) is 0 Å². The summed E-state index contributed by atoms with van der Waals surface area (Å²) in [7, 11) is 0. The van der Waals surface area contributed by atoms with E-state index < -0.39 is 0 Å². The Bertz CT molecular complexity index is 402. The van der Waals surface area contributed by atoms with Gasteiger partial charge in [-0.25, -0.2) is 4.98 Å². The first-order valence-corrected chi connectivity index (χ1v) is 7.10. The Kier molecular flexibility index (Phi) is 3.10. The number of anilines is 2. The van der Waals surface area contributed by atoms with Gasteiger partial charge in [-0.1, -0.05) is 19.3 Å². The third kappa shape index (κ3) is 2.28. The standard InChI is InChI=1S/C14H22N4/c15-12-10-16-11-13(17-12)18-8-6-14(7-9-18)4-2-1-3-5-14/h10-11H,1-9H2,(H2,15,17). The molecule has 1 saturated heterocycles. The van der Waals surface area contributed by atoms with Gasteiger partial charge in [-0.05, 0) is 31.1 Å². The van der Waals surface area contributed by atoms with Gasteiger partial charge in [-0.2, -0.15) is 0 Å². The van der Waals surface area contributed by atoms with Gasteiger partial charge >= 0.3 is 0 Å². The summed E-state index contributed by atoms with van der Waals surface area (Å²) < 4.78 is 0. The Morgan fingerprint density at radius 3 is 2.39 bits per heavy atom. The van der Waals surface area contributed by atoms with E-state index in [4.69, 9.17) is 5.73 Å². The molecule has 0 atom stereocenters. The summed E-state index contributed by atoms with van der Waals surface area (Å²) in [5.41, 5.74) is 6.34. The number of rotatable bonds is 1. The number of nitrogens with zero attached hydrogens (tertiary/aromatic N) is 3. The van der Waals surface area contributed by atoms with Gasteiger partial charge in [0, 0.05) is 13.1 Å². The molecule has 4 nitrogen and oxygen atoms in total. The first kappa shape index (κ1) is 11.8. The van der Waals surface area contributed by atoms with Gasteiger partial charge in [0.1, 0.15) is 11.6 Å². The summed E-state index contributed by atoms with van der Waals surface area (Å²) in [6.07, 6.45) is 13.2. The SMILES string of the molecule is Nc1cncc(N2CCC3(CCCCC3)CC2)n1. The van der Waals surface area contributed by atoms with Gasteiger partial charge in [0.2, 0.25) is 0 Å². The lowest BCUT2D eigenvalue weighted by atomic mass is 9.68. The summed E-state index contributed by atoms with van der Waals surface area (Å²) in [5, 5.41) is 0. The molecule has 4 heteroatoms. The summed E-state index contributed by atoms with van der Waals surface area (Å²) in [6, 6.07) is 0. The molecule has 2 heterocycles. The monoisotopic (exact) mass is 246 g/mol. The second-order valence-electron chi connectivity index (χ2n) is 5.85. The first-order chi connectivity index (χ1) is 8.77. The van der Waals surface area contributed by atoms with Crippen molar-refractivity contribution < 1.29 is 0 Å². The van der Waals surface area contributed by atoms with Crippen molar-refractivity contribution in [1.29, 1.82) is 0 Å². The summed E-state index contributed by atoms with van der Waals surface area (Å²) in [5.74, 6) is 1.46. The molecule has 1 aromatic heterocycles. The quantitative estimate of drug-likeness (QED) is 0.827. The van der Waals surface area contributed by atoms with E-state index in [1.54, 1.807) is 6.20 Å². The Morgan fingerprint density at radius 1 is 1.00 bits per heavy atom. The van der Waals surface area contributed by atoms with Crippen molar-refractivity contribution in [3.63, 3.8) is 0 Å². The number of hydrogen-bond acceptors (Lipinski definition) is 4. The molecule has 1 aromatic rings. The molecular formula is C14H22N4. The van der Waals surface area contributed by atoms with Crippen LogP contribution in [-0.2, 0) is 0 Å². The predicted molar refractivity (Wildman–Crippen MR) is 73.4 cm³/mol. The highest BCUT2D eigenvalue weighted by molar-refractivity contribution is 5.41. The van der Waals surface area contributed by atoms with Crippen molar-refractivity contribution in [3.8, 4) is 0 Å². The second kappa shape index (κ2) is 4.75. The average Bonchev–Trinajstić information content (AvgIpc) is 2.40. The molecule has 18 heavy (non-hydrogen) atoms. The summed E-state index contributed by atoms with van der Waals surface area (Å²) in [6.45, 7) is 2.22. The van der Waals surface area contributed by atoms with Gasteiger partial charge in [0.05, 0.1) is 12.4 Å². The van der Waals surface area contributed by atoms with Crippen LogP contribution >= 0.6 is 0 Å². The van der Waals surface area contributed by atoms with E-state index in [2.05, 4.69) is 14.9 Å². The lowest BCUT2D eigenvalue weighted by molar-refractivity contribution is 0.144. The second-order valence-corrected chi connectivity index (χ2v) is 5.85. The molecule has 0 bridgehead atoms. The fraction of sp³-hybridized carbons (Fsp3) is 0.714. The normalized spacial score (nSPS) is 23.2. The predicted octanol–water partition coefficient (Wildman–Crippen LogP) is 2.61. The number of nitrogen functional groups attached to an aromatic ring is 1. The number of aromatic nitrogens is 2. The lowest BCUT2D eigenvalue weighted by Crippen LogP contribution is -2.41. The van der Waals surface area contributed by atoms with Crippen molar-refractivity contribution in [2.45, 2.75) is 44.9 Å². The maximum atomic E-state index is 5.70. The first-order valence-electron chi connectivity index (χ1n) is 7.10. The topological polar surface area (TPSA) is 55.0 Å². The minimum Gasteiger partial charge on any atom is -0.382 e. The van der Waals surface area contributed by atoms with Crippen LogP contribution in [0.2, 0.25) is 0 Å². The zero-order chi connectivity index (χ0) is 12.4. The van der Waals surface area contributed by atoms with E-state index in [0.717, 1.165) is 18.9 Å². The van der Waals surface area contributed by atoms with Gasteiger partial charge in [-0.3, -0.25) is 4.98 Å². The van der Waals surface area contributed by atoms with Crippen LogP contribution in [-0.4, -0.2) is 23.1 Å². The molecule has 0 radical (unpaired) electrons. The van der Waals surface area contributed by atoms with Crippen LogP contribution in [0, 0.1) is 5.41 Å². The maximum Gasteiger partial charge on any atom is 0.149 e. The van der Waals surface area contributed by atoms with E-state index in [0.29, 0.717) is 11.2 Å². The van der Waals surface area contributed by atoms with Crippen LogP contribution in [0.25, 0.3) is 0 Å².